The number of unbranched alkanes of at least 4 members (excludes halogenated alkanes) is 1. The van der Waals surface area contributed by atoms with Gasteiger partial charge >= 0.3 is 0 Å². The van der Waals surface area contributed by atoms with Crippen LogP contribution >= 0.6 is 0 Å². The second kappa shape index (κ2) is 5.46. The van der Waals surface area contributed by atoms with Gasteiger partial charge in [-0.1, -0.05) is 41.0 Å². The van der Waals surface area contributed by atoms with Crippen molar-refractivity contribution in [1.82, 2.24) is 0 Å². The van der Waals surface area contributed by atoms with Gasteiger partial charge in [0, 0.05) is 12.3 Å². The van der Waals surface area contributed by atoms with Crippen LogP contribution in [0.15, 0.2) is 11.8 Å². The number of hydrogen-bond donors (Lipinski definition) is 0. The van der Waals surface area contributed by atoms with Crippen molar-refractivity contribution >= 4 is 5.78 Å². The maximum absolute atomic E-state index is 11.9. The molecule has 1 aliphatic carbocycles. The SMILES string of the molecule is CCCCOC1=CC(C)(C)[C@H](C(C)=O)C(C)(C)C1. The standard InChI is InChI=1S/C16H28O2/c1-7-8-9-18-13-10-15(3,4)14(12(2)17)16(5,6)11-13/h10,14H,7-9,11H2,1-6H3/t14-/m0/s1. The molecule has 0 radical (unpaired) electrons. The van der Waals surface area contributed by atoms with E-state index in [2.05, 4.69) is 40.7 Å². The van der Waals surface area contributed by atoms with Crippen molar-refractivity contribution in [2.75, 3.05) is 6.61 Å². The highest BCUT2D eigenvalue weighted by molar-refractivity contribution is 5.80. The van der Waals surface area contributed by atoms with E-state index in [9.17, 15) is 4.79 Å². The van der Waals surface area contributed by atoms with Gasteiger partial charge in [0.25, 0.3) is 0 Å². The number of Topliss-reactive ketones (excluding diaryl/α,β-unsaturated/α-hetero) is 1. The van der Waals surface area contributed by atoms with E-state index in [4.69, 9.17) is 4.74 Å². The second-order valence-electron chi connectivity index (χ2n) is 6.84. The predicted octanol–water partition coefficient (Wildman–Crippen LogP) is 4.35. The third-order valence-electron chi connectivity index (χ3n) is 3.88. The van der Waals surface area contributed by atoms with Gasteiger partial charge in [-0.05, 0) is 30.3 Å². The Morgan fingerprint density at radius 2 is 2.00 bits per heavy atom. The molecule has 0 aromatic heterocycles. The van der Waals surface area contributed by atoms with Gasteiger partial charge in [-0.3, -0.25) is 4.79 Å². The summed E-state index contributed by atoms with van der Waals surface area (Å²) in [4.78, 5) is 11.9. The van der Waals surface area contributed by atoms with Crippen molar-refractivity contribution in [3.05, 3.63) is 11.8 Å². The van der Waals surface area contributed by atoms with Crippen LogP contribution in [0.3, 0.4) is 0 Å². The van der Waals surface area contributed by atoms with Crippen molar-refractivity contribution in [2.24, 2.45) is 16.7 Å². The fourth-order valence-electron chi connectivity index (χ4n) is 3.62. The molecular formula is C16H28O2. The highest BCUT2D eigenvalue weighted by Crippen LogP contribution is 2.50. The molecule has 1 atom stereocenters. The summed E-state index contributed by atoms with van der Waals surface area (Å²) in [6.07, 6.45) is 5.27. The number of ether oxygens (including phenoxy) is 1. The minimum atomic E-state index is -0.116. The van der Waals surface area contributed by atoms with E-state index in [0.717, 1.165) is 31.6 Å². The fourth-order valence-corrected chi connectivity index (χ4v) is 3.62. The first kappa shape index (κ1) is 15.3. The predicted molar refractivity (Wildman–Crippen MR) is 75.3 cm³/mol. The summed E-state index contributed by atoms with van der Waals surface area (Å²) in [6.45, 7) is 13.3. The first-order valence-corrected chi connectivity index (χ1v) is 7.05. The van der Waals surface area contributed by atoms with Crippen LogP contribution in [-0.4, -0.2) is 12.4 Å². The van der Waals surface area contributed by atoms with E-state index in [1.165, 1.54) is 0 Å². The summed E-state index contributed by atoms with van der Waals surface area (Å²) in [5.41, 5.74) is -0.138. The van der Waals surface area contributed by atoms with Crippen LogP contribution in [0, 0.1) is 16.7 Å². The third-order valence-corrected chi connectivity index (χ3v) is 3.88. The molecule has 0 aromatic rings. The Hall–Kier alpha value is -0.790. The van der Waals surface area contributed by atoms with Gasteiger partial charge in [0.1, 0.15) is 5.78 Å². The molecule has 0 unspecified atom stereocenters. The van der Waals surface area contributed by atoms with Crippen LogP contribution in [0.4, 0.5) is 0 Å². The molecular weight excluding hydrogens is 224 g/mol. The monoisotopic (exact) mass is 252 g/mol. The summed E-state index contributed by atoms with van der Waals surface area (Å²) in [5.74, 6) is 1.42. The molecule has 0 aliphatic heterocycles. The molecule has 2 nitrogen and oxygen atoms in total. The topological polar surface area (TPSA) is 26.3 Å². The highest BCUT2D eigenvalue weighted by atomic mass is 16.5. The van der Waals surface area contributed by atoms with Crippen LogP contribution in [0.2, 0.25) is 0 Å². The quantitative estimate of drug-likeness (QED) is 0.680. The lowest BCUT2D eigenvalue weighted by atomic mass is 9.58. The van der Waals surface area contributed by atoms with Gasteiger partial charge < -0.3 is 4.74 Å². The molecule has 0 N–H and O–H groups in total. The van der Waals surface area contributed by atoms with Crippen LogP contribution in [0.5, 0.6) is 0 Å². The van der Waals surface area contributed by atoms with Crippen molar-refractivity contribution in [2.45, 2.75) is 60.8 Å². The lowest BCUT2D eigenvalue weighted by Gasteiger charge is -2.46. The van der Waals surface area contributed by atoms with E-state index in [0.29, 0.717) is 0 Å². The third kappa shape index (κ3) is 3.37. The van der Waals surface area contributed by atoms with Crippen molar-refractivity contribution < 1.29 is 9.53 Å². The summed E-state index contributed by atoms with van der Waals surface area (Å²) in [7, 11) is 0. The normalized spacial score (nSPS) is 25.4. The molecule has 0 saturated carbocycles. The summed E-state index contributed by atoms with van der Waals surface area (Å²) >= 11 is 0. The molecule has 0 fully saturated rings. The first-order chi connectivity index (χ1) is 8.20. The Morgan fingerprint density at radius 1 is 1.39 bits per heavy atom. The fraction of sp³-hybridized carbons (Fsp3) is 0.812. The molecule has 1 rings (SSSR count). The number of allylic oxidation sites excluding steroid dienone is 2. The van der Waals surface area contributed by atoms with Gasteiger partial charge in [0.05, 0.1) is 12.4 Å². The Bertz CT molecular complexity index is 337. The Kier molecular flexibility index (Phi) is 4.63. The Labute approximate surface area is 112 Å². The second-order valence-corrected chi connectivity index (χ2v) is 6.84. The Balaban J connectivity index is 2.90. The van der Waals surface area contributed by atoms with E-state index in [-0.39, 0.29) is 22.5 Å². The average Bonchev–Trinajstić information content (AvgIpc) is 2.12. The number of carbonyl (C=O) groups excluding carboxylic acids is 1. The molecule has 2 heteroatoms. The van der Waals surface area contributed by atoms with E-state index in [1.807, 2.05) is 0 Å². The molecule has 0 aromatic carbocycles. The molecule has 0 spiro atoms. The maximum Gasteiger partial charge on any atom is 0.134 e. The minimum Gasteiger partial charge on any atom is -0.498 e. The van der Waals surface area contributed by atoms with Gasteiger partial charge in [0.15, 0.2) is 0 Å². The molecule has 1 aliphatic rings. The van der Waals surface area contributed by atoms with E-state index in [1.54, 1.807) is 6.92 Å². The molecule has 104 valence electrons. The summed E-state index contributed by atoms with van der Waals surface area (Å²) in [6, 6.07) is 0. The molecule has 18 heavy (non-hydrogen) atoms. The number of hydrogen-bond acceptors (Lipinski definition) is 2. The van der Waals surface area contributed by atoms with Gasteiger partial charge in [-0.25, -0.2) is 0 Å². The zero-order valence-electron chi connectivity index (χ0n) is 12.8. The van der Waals surface area contributed by atoms with Crippen LogP contribution in [0.1, 0.15) is 60.8 Å². The van der Waals surface area contributed by atoms with Crippen LogP contribution < -0.4 is 0 Å². The lowest BCUT2D eigenvalue weighted by Crippen LogP contribution is -2.43. The molecule has 0 heterocycles. The Morgan fingerprint density at radius 3 is 2.44 bits per heavy atom. The number of rotatable bonds is 5. The van der Waals surface area contributed by atoms with E-state index < -0.39 is 0 Å². The summed E-state index contributed by atoms with van der Waals surface area (Å²) < 4.78 is 5.87. The minimum absolute atomic E-state index is 0.0222. The van der Waals surface area contributed by atoms with Gasteiger partial charge in [0.2, 0.25) is 0 Å². The largest absolute Gasteiger partial charge is 0.498 e. The van der Waals surface area contributed by atoms with Gasteiger partial charge in [-0.15, -0.1) is 0 Å². The average molecular weight is 252 g/mol. The first-order valence-electron chi connectivity index (χ1n) is 7.05. The van der Waals surface area contributed by atoms with Crippen LogP contribution in [-0.2, 0) is 9.53 Å². The molecule has 0 saturated heterocycles. The zero-order valence-corrected chi connectivity index (χ0v) is 12.8. The number of ketones is 1. The highest BCUT2D eigenvalue weighted by Gasteiger charge is 2.46. The zero-order chi connectivity index (χ0) is 14.0. The molecule has 0 amide bonds. The van der Waals surface area contributed by atoms with Crippen molar-refractivity contribution in [1.29, 1.82) is 0 Å². The van der Waals surface area contributed by atoms with Gasteiger partial charge in [-0.2, -0.15) is 0 Å². The van der Waals surface area contributed by atoms with E-state index >= 15 is 0 Å². The maximum atomic E-state index is 11.9. The lowest BCUT2D eigenvalue weighted by molar-refractivity contribution is -0.129. The van der Waals surface area contributed by atoms with Crippen molar-refractivity contribution in [3.8, 4) is 0 Å². The number of carbonyl (C=O) groups is 1. The van der Waals surface area contributed by atoms with Crippen molar-refractivity contribution in [3.63, 3.8) is 0 Å². The molecule has 0 bridgehead atoms. The van der Waals surface area contributed by atoms with Crippen LogP contribution in [0.25, 0.3) is 0 Å². The summed E-state index contributed by atoms with van der Waals surface area (Å²) in [5, 5.41) is 0. The smallest absolute Gasteiger partial charge is 0.134 e.